The molecule has 4 nitrogen and oxygen atoms in total. The van der Waals surface area contributed by atoms with Crippen LogP contribution in [0.25, 0.3) is 139 Å². The number of rotatable bonds is 23. The molecule has 0 spiro atoms. The van der Waals surface area contributed by atoms with Gasteiger partial charge in [-0.1, -0.05) is 334 Å². The Bertz CT molecular complexity index is 6440. The van der Waals surface area contributed by atoms with Crippen LogP contribution in [-0.4, -0.2) is 9.13 Å². The highest BCUT2D eigenvalue weighted by atomic mass is 15.2. The zero-order valence-corrected chi connectivity index (χ0v) is 67.8. The molecule has 18 aromatic rings. The maximum absolute atomic E-state index is 2.61. The molecule has 2 heterocycles. The van der Waals surface area contributed by atoms with Crippen molar-refractivity contribution in [1.82, 2.24) is 9.13 Å². The maximum atomic E-state index is 2.61. The lowest BCUT2D eigenvalue weighted by Gasteiger charge is -2.36. The third-order valence-corrected chi connectivity index (χ3v) is 24.6. The molecule has 0 N–H and O–H groups in total. The van der Waals surface area contributed by atoms with Gasteiger partial charge in [0.25, 0.3) is 0 Å². The number of unbranched alkanes of at least 4 members (excludes halogenated alkanes) is 2. The van der Waals surface area contributed by atoms with Gasteiger partial charge < -0.3 is 18.9 Å². The first-order chi connectivity index (χ1) is 56.8. The number of hydrogen-bond donors (Lipinski definition) is 0. The predicted molar refractivity (Wildman–Crippen MR) is 499 cm³/mol. The monoisotopic (exact) mass is 1500 g/mol. The molecule has 4 heteroatoms. The molecule has 116 heavy (non-hydrogen) atoms. The highest BCUT2D eigenvalue weighted by Crippen LogP contribution is 2.54. The molecule has 0 radical (unpaired) electrons. The van der Waals surface area contributed by atoms with E-state index in [2.05, 4.69) is 450 Å². The van der Waals surface area contributed by atoms with Gasteiger partial charge in [0.2, 0.25) is 0 Å². The summed E-state index contributed by atoms with van der Waals surface area (Å²) in [6, 6.07) is 138. The first-order valence-electron chi connectivity index (χ1n) is 41.6. The third-order valence-electron chi connectivity index (χ3n) is 24.6. The topological polar surface area (TPSA) is 16.3 Å². The van der Waals surface area contributed by atoms with Crippen LogP contribution < -0.4 is 9.80 Å². The number of aromatic nitrogens is 2. The van der Waals surface area contributed by atoms with E-state index in [0.717, 1.165) is 128 Å². The van der Waals surface area contributed by atoms with Gasteiger partial charge in [-0.3, -0.25) is 0 Å². The molecular formula is C112H98N4. The van der Waals surface area contributed by atoms with Gasteiger partial charge in [-0.25, -0.2) is 0 Å². The van der Waals surface area contributed by atoms with Gasteiger partial charge in [-0.05, 0) is 231 Å². The van der Waals surface area contributed by atoms with Crippen LogP contribution >= 0.6 is 0 Å². The minimum Gasteiger partial charge on any atom is -0.310 e. The fourth-order valence-electron chi connectivity index (χ4n) is 17.8. The van der Waals surface area contributed by atoms with Gasteiger partial charge in [0.15, 0.2) is 0 Å². The molecule has 0 aliphatic carbocycles. The van der Waals surface area contributed by atoms with E-state index >= 15 is 0 Å². The van der Waals surface area contributed by atoms with Crippen LogP contribution in [0, 0.1) is 12.3 Å². The highest BCUT2D eigenvalue weighted by molar-refractivity contribution is 6.15. The molecule has 0 atom stereocenters. The Hall–Kier alpha value is -13.3. The van der Waals surface area contributed by atoms with Gasteiger partial charge in [0.1, 0.15) is 0 Å². The summed E-state index contributed by atoms with van der Waals surface area (Å²) in [4.78, 5) is 5.22. The van der Waals surface area contributed by atoms with Gasteiger partial charge in [-0.15, -0.1) is 0 Å². The average Bonchev–Trinajstić information content (AvgIpc) is 0.878. The van der Waals surface area contributed by atoms with Gasteiger partial charge in [-0.2, -0.15) is 0 Å². The van der Waals surface area contributed by atoms with E-state index in [-0.39, 0.29) is 10.8 Å². The Kier molecular flexibility index (Phi) is 20.2. The van der Waals surface area contributed by atoms with Crippen LogP contribution in [0.5, 0.6) is 0 Å². The van der Waals surface area contributed by atoms with Crippen LogP contribution in [0.4, 0.5) is 34.1 Å². The molecule has 2 aromatic heterocycles. The summed E-state index contributed by atoms with van der Waals surface area (Å²) in [6.45, 7) is 19.3. The highest BCUT2D eigenvalue weighted by Gasteiger charge is 2.32. The maximum Gasteiger partial charge on any atom is 0.0616 e. The third kappa shape index (κ3) is 14.2. The first-order valence-corrected chi connectivity index (χ1v) is 41.6. The number of hydrogen-bond acceptors (Lipinski definition) is 2. The van der Waals surface area contributed by atoms with E-state index < -0.39 is 0 Å². The summed E-state index contributed by atoms with van der Waals surface area (Å²) in [5, 5.41) is 7.14. The summed E-state index contributed by atoms with van der Waals surface area (Å²) in [5.74, 6) is 0. The van der Waals surface area contributed by atoms with Crippen molar-refractivity contribution in [3.63, 3.8) is 0 Å². The number of fused-ring (bicyclic) bond motifs is 7. The van der Waals surface area contributed by atoms with Crippen molar-refractivity contribution < 1.29 is 0 Å². The molecule has 566 valence electrons. The normalized spacial score (nSPS) is 12.1. The van der Waals surface area contributed by atoms with Crippen LogP contribution in [0.3, 0.4) is 0 Å². The molecule has 16 aromatic carbocycles. The van der Waals surface area contributed by atoms with Crippen molar-refractivity contribution in [2.75, 3.05) is 9.80 Å². The van der Waals surface area contributed by atoms with Crippen LogP contribution in [0.1, 0.15) is 104 Å². The van der Waals surface area contributed by atoms with Gasteiger partial charge >= 0.3 is 0 Å². The fourth-order valence-corrected chi connectivity index (χ4v) is 17.8. The van der Waals surface area contributed by atoms with Crippen molar-refractivity contribution in [1.29, 1.82) is 0 Å². The first kappa shape index (κ1) is 74.2. The summed E-state index contributed by atoms with van der Waals surface area (Å²) >= 11 is 0. The van der Waals surface area contributed by atoms with Crippen molar-refractivity contribution in [2.45, 2.75) is 99.3 Å². The summed E-state index contributed by atoms with van der Waals surface area (Å²) in [7, 11) is 0. The van der Waals surface area contributed by atoms with E-state index in [1.165, 1.54) is 99.3 Å². The van der Waals surface area contributed by atoms with E-state index in [1.54, 1.807) is 0 Å². The van der Waals surface area contributed by atoms with Gasteiger partial charge in [0, 0.05) is 72.0 Å². The van der Waals surface area contributed by atoms with E-state index in [9.17, 15) is 0 Å². The zero-order chi connectivity index (χ0) is 79.0. The van der Waals surface area contributed by atoms with Crippen molar-refractivity contribution in [3.05, 3.63) is 392 Å². The second kappa shape index (κ2) is 31.6. The van der Waals surface area contributed by atoms with Crippen molar-refractivity contribution in [2.24, 2.45) is 5.41 Å². The smallest absolute Gasteiger partial charge is 0.0616 e. The lowest BCUT2D eigenvalue weighted by atomic mass is 9.78. The molecule has 0 saturated carbocycles. The van der Waals surface area contributed by atoms with Crippen LogP contribution in [0.2, 0.25) is 0 Å². The summed E-state index contributed by atoms with van der Waals surface area (Å²) < 4.78 is 5.01. The lowest BCUT2D eigenvalue weighted by Crippen LogP contribution is -2.19. The Balaban J connectivity index is 0.923. The Morgan fingerprint density at radius 3 is 0.983 bits per heavy atom. The Morgan fingerprint density at radius 2 is 0.621 bits per heavy atom. The minimum absolute atomic E-state index is 0.144. The lowest BCUT2D eigenvalue weighted by molar-refractivity contribution is 0.394. The fraction of sp³-hybridized carbons (Fsp3) is 0.143. The Labute approximate surface area is 684 Å². The molecule has 0 aliphatic heterocycles. The number of benzene rings is 16. The predicted octanol–water partition coefficient (Wildman–Crippen LogP) is 32.4. The van der Waals surface area contributed by atoms with Gasteiger partial charge in [0.05, 0.1) is 33.4 Å². The minimum atomic E-state index is -0.166. The van der Waals surface area contributed by atoms with Crippen molar-refractivity contribution in [3.8, 4) is 78.1 Å². The molecule has 0 bridgehead atoms. The molecule has 18 rings (SSSR count). The second-order valence-electron chi connectivity index (χ2n) is 32.9. The summed E-state index contributed by atoms with van der Waals surface area (Å²) in [6.07, 6.45) is 9.16. The van der Waals surface area contributed by atoms with E-state index in [4.69, 9.17) is 0 Å². The van der Waals surface area contributed by atoms with E-state index in [0.29, 0.717) is 0 Å². The molecule has 0 fully saturated rings. The molecule has 0 amide bonds. The largest absolute Gasteiger partial charge is 0.310 e. The Morgan fingerprint density at radius 1 is 0.293 bits per heavy atom. The summed E-state index contributed by atoms with van der Waals surface area (Å²) in [5.41, 5.74) is 32.1. The molecular weight excluding hydrogens is 1400 g/mol. The van der Waals surface area contributed by atoms with E-state index in [1.807, 2.05) is 0 Å². The molecule has 0 unspecified atom stereocenters. The number of nitrogens with zero attached hydrogens (tertiary/aromatic N) is 4. The second-order valence-corrected chi connectivity index (χ2v) is 32.9. The standard InChI is InChI=1S/C112H98N4/c1-9-11-67-111(5,6)77(3)69-99-78(4)109(113(92-58-49-85(50-59-92)79-33-19-13-20-34-79)94-45-31-47-96(75-94)115-105-63-53-87(81-37-23-15-24-38-81)70-100(105)101-71-88(54-64-106(101)115)82-39-25-16-26-40-82)104-74-91(112(7,8)68-12-10-2)57-62-98(104)110(99)114(93-60-51-86(52-61-93)80-35-21-14-22-36-80)95-46-32-48-97(76-95)116-107-65-55-89(83-41-27-17-28-42-83)72-102(107)103-73-90(56-66-108(103)116)84-43-29-18-30-44-84/h13-66,69-76H,9-12,67-68H2,1-8H3. The quantitative estimate of drug-likeness (QED) is 0.0635. The zero-order valence-electron chi connectivity index (χ0n) is 67.8. The molecule has 0 aliphatic rings. The molecule has 0 saturated heterocycles. The SMILES string of the molecule is CCCCC(C)(C)C(C)=Cc1c(C)c(N(c2ccc(-c3ccccc3)cc2)c2cccc(-n3c4ccc(-c5ccccc5)cc4c4cc(-c5ccccc5)ccc43)c2)c2cc(C(C)(C)CCCC)ccc2c1N(c1ccc(-c2ccccc2)cc1)c1cccc(-n2c3ccc(-c4ccccc4)cc3c3cc(-c4ccccc4)ccc32)c1. The van der Waals surface area contributed by atoms with Crippen LogP contribution in [0.15, 0.2) is 376 Å². The average molecular weight is 1500 g/mol. The number of allylic oxidation sites excluding steroid dienone is 1. The van der Waals surface area contributed by atoms with Crippen LogP contribution in [-0.2, 0) is 5.41 Å². The van der Waals surface area contributed by atoms with Crippen molar-refractivity contribution >= 4 is 94.6 Å². The number of anilines is 6.